The Hall–Kier alpha value is -3.47. The summed E-state index contributed by atoms with van der Waals surface area (Å²) < 4.78 is 5.49. The lowest BCUT2D eigenvalue weighted by molar-refractivity contribution is 0.0475. The molecule has 1 aliphatic carbocycles. The Morgan fingerprint density at radius 2 is 1.68 bits per heavy atom. The molecule has 1 aromatic heterocycles. The van der Waals surface area contributed by atoms with Crippen molar-refractivity contribution in [3.8, 4) is 0 Å². The molecule has 0 saturated heterocycles. The standard InChI is InChI=1S/C28H19Cl2NO3/c29-22-13-10-17(15-23(22)30)14-19-11-12-21-26(20-8-4-5-9-24(20)31-27(19)21)28(33)34-16-25(32)18-6-2-1-3-7-18/h1-10,13-15H,11-12,16H2. The minimum atomic E-state index is -0.519. The molecule has 168 valence electrons. The van der Waals surface area contributed by atoms with Crippen LogP contribution in [0.4, 0.5) is 0 Å². The highest BCUT2D eigenvalue weighted by Crippen LogP contribution is 2.38. The number of carbonyl (C=O) groups is 2. The van der Waals surface area contributed by atoms with Crippen LogP contribution >= 0.6 is 23.2 Å². The Kier molecular flexibility index (Phi) is 6.18. The van der Waals surface area contributed by atoms with E-state index in [0.717, 1.165) is 28.8 Å². The van der Waals surface area contributed by atoms with Gasteiger partial charge in [0.1, 0.15) is 0 Å². The summed E-state index contributed by atoms with van der Waals surface area (Å²) in [6.45, 7) is -0.319. The number of rotatable bonds is 5. The van der Waals surface area contributed by atoms with Crippen LogP contribution in [0.5, 0.6) is 0 Å². The fourth-order valence-corrected chi connectivity index (χ4v) is 4.53. The third kappa shape index (κ3) is 4.35. The average molecular weight is 488 g/mol. The number of hydrogen-bond acceptors (Lipinski definition) is 4. The highest BCUT2D eigenvalue weighted by molar-refractivity contribution is 6.42. The van der Waals surface area contributed by atoms with Gasteiger partial charge in [-0.25, -0.2) is 9.78 Å². The van der Waals surface area contributed by atoms with Crippen LogP contribution < -0.4 is 0 Å². The molecule has 34 heavy (non-hydrogen) atoms. The normalized spacial score (nSPS) is 13.8. The number of aromatic nitrogens is 1. The van der Waals surface area contributed by atoms with Crippen molar-refractivity contribution in [2.75, 3.05) is 6.61 Å². The third-order valence-electron chi connectivity index (χ3n) is 5.86. The zero-order chi connectivity index (χ0) is 23.7. The third-order valence-corrected chi connectivity index (χ3v) is 6.60. The SMILES string of the molecule is O=C(COC(=O)c1c2c(nc3ccccc13)C(=Cc1ccc(Cl)c(Cl)c1)CC2)c1ccccc1. The van der Waals surface area contributed by atoms with Crippen LogP contribution in [0.1, 0.15) is 44.0 Å². The molecule has 1 aliphatic rings. The highest BCUT2D eigenvalue weighted by atomic mass is 35.5. The Morgan fingerprint density at radius 1 is 0.912 bits per heavy atom. The molecule has 5 rings (SSSR count). The van der Waals surface area contributed by atoms with Crippen molar-refractivity contribution in [2.45, 2.75) is 12.8 Å². The summed E-state index contributed by atoms with van der Waals surface area (Å²) in [7, 11) is 0. The molecule has 0 amide bonds. The van der Waals surface area contributed by atoms with E-state index in [2.05, 4.69) is 0 Å². The van der Waals surface area contributed by atoms with Gasteiger partial charge in [0.25, 0.3) is 0 Å². The number of ketones is 1. The van der Waals surface area contributed by atoms with Crippen molar-refractivity contribution in [1.82, 2.24) is 4.98 Å². The van der Waals surface area contributed by atoms with Crippen molar-refractivity contribution in [3.63, 3.8) is 0 Å². The first kappa shape index (κ1) is 22.3. The zero-order valence-electron chi connectivity index (χ0n) is 18.1. The largest absolute Gasteiger partial charge is 0.454 e. The van der Waals surface area contributed by atoms with E-state index in [0.29, 0.717) is 38.5 Å². The molecule has 0 aliphatic heterocycles. The molecule has 4 aromatic rings. The molecule has 0 N–H and O–H groups in total. The maximum atomic E-state index is 13.2. The first-order valence-electron chi connectivity index (χ1n) is 10.8. The van der Waals surface area contributed by atoms with Crippen molar-refractivity contribution in [3.05, 3.63) is 111 Å². The van der Waals surface area contributed by atoms with E-state index in [1.54, 1.807) is 36.4 Å². The van der Waals surface area contributed by atoms with E-state index < -0.39 is 5.97 Å². The van der Waals surface area contributed by atoms with Crippen molar-refractivity contribution in [2.24, 2.45) is 0 Å². The first-order valence-corrected chi connectivity index (χ1v) is 11.6. The number of nitrogens with zero attached hydrogens (tertiary/aromatic N) is 1. The highest BCUT2D eigenvalue weighted by Gasteiger charge is 2.28. The minimum absolute atomic E-state index is 0.246. The Bertz CT molecular complexity index is 1460. The second kappa shape index (κ2) is 9.41. The van der Waals surface area contributed by atoms with Gasteiger partial charge in [-0.1, -0.05) is 77.8 Å². The van der Waals surface area contributed by atoms with E-state index in [9.17, 15) is 9.59 Å². The zero-order valence-corrected chi connectivity index (χ0v) is 19.6. The Morgan fingerprint density at radius 3 is 2.47 bits per heavy atom. The number of pyridine rings is 1. The number of para-hydroxylation sites is 1. The van der Waals surface area contributed by atoms with Gasteiger partial charge in [0.2, 0.25) is 0 Å². The molecule has 0 radical (unpaired) electrons. The summed E-state index contributed by atoms with van der Waals surface area (Å²) in [4.78, 5) is 30.6. The van der Waals surface area contributed by atoms with Crippen LogP contribution in [0.2, 0.25) is 10.0 Å². The number of hydrogen-bond donors (Lipinski definition) is 0. The van der Waals surface area contributed by atoms with Crippen LogP contribution in [0, 0.1) is 0 Å². The molecule has 0 saturated carbocycles. The van der Waals surface area contributed by atoms with E-state index in [1.807, 2.05) is 42.5 Å². The number of fused-ring (bicyclic) bond motifs is 2. The molecule has 0 atom stereocenters. The molecule has 0 unspecified atom stereocenters. The van der Waals surface area contributed by atoms with E-state index in [-0.39, 0.29) is 12.4 Å². The van der Waals surface area contributed by atoms with Crippen molar-refractivity contribution < 1.29 is 14.3 Å². The quantitative estimate of drug-likeness (QED) is 0.223. The Labute approximate surface area is 206 Å². The van der Waals surface area contributed by atoms with Crippen LogP contribution in [0.15, 0.2) is 72.8 Å². The van der Waals surface area contributed by atoms with Gasteiger partial charge < -0.3 is 4.74 Å². The molecule has 4 nitrogen and oxygen atoms in total. The van der Waals surface area contributed by atoms with Gasteiger partial charge in [-0.05, 0) is 53.8 Å². The fourth-order valence-electron chi connectivity index (χ4n) is 4.23. The second-order valence-corrected chi connectivity index (χ2v) is 8.85. The molecule has 0 fully saturated rings. The first-order chi connectivity index (χ1) is 16.5. The van der Waals surface area contributed by atoms with Gasteiger partial charge in [-0.3, -0.25) is 4.79 Å². The topological polar surface area (TPSA) is 56.3 Å². The van der Waals surface area contributed by atoms with Crippen molar-refractivity contribution >= 4 is 57.5 Å². The molecule has 0 bridgehead atoms. The van der Waals surface area contributed by atoms with Gasteiger partial charge >= 0.3 is 5.97 Å². The van der Waals surface area contributed by atoms with Gasteiger partial charge in [-0.2, -0.15) is 0 Å². The summed E-state index contributed by atoms with van der Waals surface area (Å²) in [5, 5.41) is 1.69. The number of allylic oxidation sites excluding steroid dienone is 1. The predicted octanol–water partition coefficient (Wildman–Crippen LogP) is 7.07. The number of ether oxygens (including phenoxy) is 1. The lowest BCUT2D eigenvalue weighted by Crippen LogP contribution is -2.16. The Balaban J connectivity index is 1.51. The predicted molar refractivity (Wildman–Crippen MR) is 135 cm³/mol. The lowest BCUT2D eigenvalue weighted by atomic mass is 10.0. The summed E-state index contributed by atoms with van der Waals surface area (Å²) in [5.41, 5.74) is 5.20. The maximum Gasteiger partial charge on any atom is 0.339 e. The average Bonchev–Trinajstić information content (AvgIpc) is 3.25. The van der Waals surface area contributed by atoms with Gasteiger partial charge in [-0.15, -0.1) is 0 Å². The number of benzene rings is 3. The van der Waals surface area contributed by atoms with Gasteiger partial charge in [0.05, 0.1) is 26.8 Å². The summed E-state index contributed by atoms with van der Waals surface area (Å²) >= 11 is 12.2. The smallest absolute Gasteiger partial charge is 0.339 e. The summed E-state index contributed by atoms with van der Waals surface area (Å²) in [6, 6.07) is 21.7. The monoisotopic (exact) mass is 487 g/mol. The van der Waals surface area contributed by atoms with Gasteiger partial charge in [0, 0.05) is 10.9 Å². The molecular weight excluding hydrogens is 469 g/mol. The number of Topliss-reactive ketones (excluding diaryl/α,β-unsaturated/α-hetero) is 1. The van der Waals surface area contributed by atoms with Gasteiger partial charge in [0.15, 0.2) is 12.4 Å². The number of halogens is 2. The molecule has 1 heterocycles. The van der Waals surface area contributed by atoms with E-state index in [1.165, 1.54) is 0 Å². The molecule has 0 spiro atoms. The van der Waals surface area contributed by atoms with Crippen LogP contribution in [0.25, 0.3) is 22.6 Å². The minimum Gasteiger partial charge on any atom is -0.454 e. The van der Waals surface area contributed by atoms with Crippen molar-refractivity contribution in [1.29, 1.82) is 0 Å². The summed E-state index contributed by atoms with van der Waals surface area (Å²) in [6.07, 6.45) is 3.39. The van der Waals surface area contributed by atoms with Crippen LogP contribution in [-0.2, 0) is 11.2 Å². The van der Waals surface area contributed by atoms with Crippen LogP contribution in [0.3, 0.4) is 0 Å². The summed E-state index contributed by atoms with van der Waals surface area (Å²) in [5.74, 6) is -0.765. The lowest BCUT2D eigenvalue weighted by Gasteiger charge is -2.12. The fraction of sp³-hybridized carbons (Fsp3) is 0.107. The number of esters is 1. The van der Waals surface area contributed by atoms with E-state index >= 15 is 0 Å². The second-order valence-electron chi connectivity index (χ2n) is 8.04. The maximum absolute atomic E-state index is 13.2. The number of carbonyl (C=O) groups excluding carboxylic acids is 2. The molecular formula is C28H19Cl2NO3. The molecule has 6 heteroatoms. The van der Waals surface area contributed by atoms with E-state index in [4.69, 9.17) is 32.9 Å². The molecule has 3 aromatic carbocycles. The van der Waals surface area contributed by atoms with Crippen LogP contribution in [-0.4, -0.2) is 23.3 Å².